The Bertz CT molecular complexity index is 1070. The van der Waals surface area contributed by atoms with Crippen LogP contribution in [0.4, 0.5) is 0 Å². The average molecular weight is 442 g/mol. The van der Waals surface area contributed by atoms with Gasteiger partial charge in [0.1, 0.15) is 23.2 Å². The second-order valence-electron chi connectivity index (χ2n) is 8.56. The molecule has 0 amide bonds. The van der Waals surface area contributed by atoms with Crippen molar-refractivity contribution in [2.45, 2.75) is 51.5 Å². The highest BCUT2D eigenvalue weighted by atomic mass is 16.8. The molecule has 0 bridgehead atoms. The first-order chi connectivity index (χ1) is 15.0. The van der Waals surface area contributed by atoms with E-state index in [0.717, 1.165) is 0 Å². The molecule has 0 unspecified atom stereocenters. The second kappa shape index (κ2) is 7.79. The maximum atomic E-state index is 12.9. The van der Waals surface area contributed by atoms with E-state index in [0.29, 0.717) is 33.8 Å². The molecule has 4 rings (SSSR count). The van der Waals surface area contributed by atoms with E-state index >= 15 is 0 Å². The van der Waals surface area contributed by atoms with Crippen LogP contribution in [0, 0.1) is 0 Å². The Labute approximate surface area is 186 Å². The molecule has 2 aliphatic heterocycles. The van der Waals surface area contributed by atoms with Gasteiger partial charge in [0.2, 0.25) is 5.79 Å². The smallest absolute Gasteiger partial charge is 0.345 e. The van der Waals surface area contributed by atoms with E-state index in [-0.39, 0.29) is 0 Å². The van der Waals surface area contributed by atoms with E-state index in [9.17, 15) is 9.59 Å². The van der Waals surface area contributed by atoms with Crippen LogP contribution in [-0.4, -0.2) is 43.8 Å². The number of methoxy groups -OCH3 is 2. The molecule has 1 saturated heterocycles. The van der Waals surface area contributed by atoms with Gasteiger partial charge in [0, 0.05) is 25.5 Å². The van der Waals surface area contributed by atoms with Gasteiger partial charge in [0.15, 0.2) is 11.9 Å². The highest BCUT2D eigenvalue weighted by Crippen LogP contribution is 2.43. The minimum Gasteiger partial charge on any atom is -0.497 e. The monoisotopic (exact) mass is 442 g/mol. The Morgan fingerprint density at radius 2 is 1.72 bits per heavy atom. The zero-order valence-electron chi connectivity index (χ0n) is 18.9. The number of ether oxygens (including phenoxy) is 6. The summed E-state index contributed by atoms with van der Waals surface area (Å²) in [7, 11) is 2.85. The predicted octanol–water partition coefficient (Wildman–Crippen LogP) is 4.01. The first-order valence-electron chi connectivity index (χ1n) is 10.2. The minimum atomic E-state index is -1.09. The third kappa shape index (κ3) is 4.03. The van der Waals surface area contributed by atoms with Crippen molar-refractivity contribution >= 4 is 11.9 Å². The van der Waals surface area contributed by atoms with Crippen molar-refractivity contribution in [1.29, 1.82) is 0 Å². The molecule has 2 aromatic carbocycles. The van der Waals surface area contributed by atoms with Crippen molar-refractivity contribution in [2.24, 2.45) is 0 Å². The maximum absolute atomic E-state index is 12.9. The molecule has 0 radical (unpaired) electrons. The lowest BCUT2D eigenvalue weighted by Crippen LogP contribution is -2.39. The van der Waals surface area contributed by atoms with Crippen molar-refractivity contribution in [2.75, 3.05) is 14.2 Å². The van der Waals surface area contributed by atoms with Gasteiger partial charge in [0.05, 0.1) is 14.2 Å². The van der Waals surface area contributed by atoms with Gasteiger partial charge in [-0.2, -0.15) is 0 Å². The van der Waals surface area contributed by atoms with Crippen molar-refractivity contribution in [3.8, 4) is 22.6 Å². The Balaban J connectivity index is 1.81. The van der Waals surface area contributed by atoms with Crippen molar-refractivity contribution in [3.05, 3.63) is 47.5 Å². The lowest BCUT2D eigenvalue weighted by atomic mass is 9.94. The number of cyclic esters (lactones) is 1. The van der Waals surface area contributed by atoms with Gasteiger partial charge in [-0.25, -0.2) is 9.59 Å². The fraction of sp³-hybridized carbons (Fsp3) is 0.417. The van der Waals surface area contributed by atoms with E-state index in [1.165, 1.54) is 7.11 Å². The molecule has 2 aromatic rings. The molecular formula is C24H26O8. The van der Waals surface area contributed by atoms with Crippen LogP contribution in [-0.2, 0) is 23.7 Å². The van der Waals surface area contributed by atoms with Crippen LogP contribution < -0.4 is 9.47 Å². The van der Waals surface area contributed by atoms with Gasteiger partial charge in [-0.1, -0.05) is 18.2 Å². The lowest BCUT2D eigenvalue weighted by Gasteiger charge is -2.33. The number of hydrogen-bond acceptors (Lipinski definition) is 8. The maximum Gasteiger partial charge on any atom is 0.345 e. The third-order valence-corrected chi connectivity index (χ3v) is 5.27. The molecule has 170 valence electrons. The normalized spacial score (nSPS) is 23.0. The van der Waals surface area contributed by atoms with Gasteiger partial charge in [-0.15, -0.1) is 0 Å². The molecule has 1 fully saturated rings. The molecule has 8 heteroatoms. The van der Waals surface area contributed by atoms with Gasteiger partial charge in [-0.05, 0) is 37.1 Å². The number of fused-ring (bicyclic) bond motifs is 1. The van der Waals surface area contributed by atoms with Crippen molar-refractivity contribution in [3.63, 3.8) is 0 Å². The SMILES string of the molecule is COC(=O)[C@H]1OC(C)(C)O[C@@H]1c1cccc(-c2cc(OC)cc3c2C(=O)OC(C)(C)O3)c1. The Morgan fingerprint density at radius 3 is 2.41 bits per heavy atom. The van der Waals surface area contributed by atoms with Crippen molar-refractivity contribution < 1.29 is 38.0 Å². The number of carbonyl (C=O) groups is 2. The largest absolute Gasteiger partial charge is 0.497 e. The van der Waals surface area contributed by atoms with E-state index in [2.05, 4.69) is 0 Å². The molecule has 2 atom stereocenters. The molecule has 0 aliphatic carbocycles. The summed E-state index contributed by atoms with van der Waals surface area (Å²) >= 11 is 0. The van der Waals surface area contributed by atoms with Crippen molar-refractivity contribution in [1.82, 2.24) is 0 Å². The Kier molecular flexibility index (Phi) is 5.38. The Hall–Kier alpha value is -3.10. The summed E-state index contributed by atoms with van der Waals surface area (Å²) in [6.07, 6.45) is -1.60. The summed E-state index contributed by atoms with van der Waals surface area (Å²) in [5, 5.41) is 0. The molecule has 0 spiro atoms. The molecule has 2 aliphatic rings. The zero-order chi connectivity index (χ0) is 23.3. The van der Waals surface area contributed by atoms with Crippen LogP contribution >= 0.6 is 0 Å². The molecular weight excluding hydrogens is 416 g/mol. The second-order valence-corrected chi connectivity index (χ2v) is 8.56. The van der Waals surface area contributed by atoms with E-state index in [1.54, 1.807) is 46.9 Å². The zero-order valence-corrected chi connectivity index (χ0v) is 18.9. The molecule has 0 aromatic heterocycles. The van der Waals surface area contributed by atoms with Gasteiger partial charge in [0.25, 0.3) is 0 Å². The van der Waals surface area contributed by atoms with Crippen LogP contribution in [0.15, 0.2) is 36.4 Å². The summed E-state index contributed by atoms with van der Waals surface area (Å²) in [4.78, 5) is 25.2. The fourth-order valence-electron chi connectivity index (χ4n) is 3.96. The van der Waals surface area contributed by atoms with E-state index < -0.39 is 35.7 Å². The van der Waals surface area contributed by atoms with Crippen LogP contribution in [0.2, 0.25) is 0 Å². The summed E-state index contributed by atoms with van der Waals surface area (Å²) in [6, 6.07) is 10.7. The first kappa shape index (κ1) is 22.1. The van der Waals surface area contributed by atoms with E-state index in [1.807, 2.05) is 24.3 Å². The standard InChI is InChI=1S/C24H26O8/c1-23(2)29-17-12-15(27-5)11-16(18(17)21(25)32-23)13-8-7-9-14(10-13)19-20(22(26)28-6)31-24(3,4)30-19/h7-12,19-20H,1-6H3/t19-,20+/m1/s1. The molecule has 0 saturated carbocycles. The number of rotatable bonds is 4. The summed E-state index contributed by atoms with van der Waals surface area (Å²) in [5.74, 6) is -2.16. The quantitative estimate of drug-likeness (QED) is 0.656. The van der Waals surface area contributed by atoms with Crippen LogP contribution in [0.25, 0.3) is 11.1 Å². The summed E-state index contributed by atoms with van der Waals surface area (Å²) in [5.41, 5.74) is 2.28. The Morgan fingerprint density at radius 1 is 0.969 bits per heavy atom. The molecule has 32 heavy (non-hydrogen) atoms. The number of hydrogen-bond donors (Lipinski definition) is 0. The van der Waals surface area contributed by atoms with Gasteiger partial charge < -0.3 is 28.4 Å². The predicted molar refractivity (Wildman–Crippen MR) is 113 cm³/mol. The molecule has 8 nitrogen and oxygen atoms in total. The first-order valence-corrected chi connectivity index (χ1v) is 10.2. The molecule has 2 heterocycles. The number of carbonyl (C=O) groups excluding carboxylic acids is 2. The molecule has 0 N–H and O–H groups in total. The highest BCUT2D eigenvalue weighted by molar-refractivity contribution is 6.01. The van der Waals surface area contributed by atoms with E-state index in [4.69, 9.17) is 28.4 Å². The van der Waals surface area contributed by atoms with Crippen LogP contribution in [0.3, 0.4) is 0 Å². The number of esters is 2. The highest BCUT2D eigenvalue weighted by Gasteiger charge is 2.47. The van der Waals surface area contributed by atoms with Crippen LogP contribution in [0.1, 0.15) is 49.7 Å². The lowest BCUT2D eigenvalue weighted by molar-refractivity contribution is -0.168. The minimum absolute atomic E-state index is 0.302. The third-order valence-electron chi connectivity index (χ3n) is 5.27. The van der Waals surface area contributed by atoms with Gasteiger partial charge in [-0.3, -0.25) is 0 Å². The fourth-order valence-corrected chi connectivity index (χ4v) is 3.96. The van der Waals surface area contributed by atoms with Crippen LogP contribution in [0.5, 0.6) is 11.5 Å². The number of benzene rings is 2. The topological polar surface area (TPSA) is 89.5 Å². The summed E-state index contributed by atoms with van der Waals surface area (Å²) < 4.78 is 33.4. The summed E-state index contributed by atoms with van der Waals surface area (Å²) in [6.45, 7) is 6.81. The van der Waals surface area contributed by atoms with Gasteiger partial charge >= 0.3 is 11.9 Å². The average Bonchev–Trinajstić information content (AvgIpc) is 3.07.